The van der Waals surface area contributed by atoms with Crippen LogP contribution >= 0.6 is 0 Å². The number of rotatable bonds is 8. The Morgan fingerprint density at radius 3 is 2.35 bits per heavy atom. The Balaban J connectivity index is 1.33. The number of benzene rings is 3. The maximum absolute atomic E-state index is 12.4. The SMILES string of the molecule is CC(C)(C)c1ccccc1Oc1ncccc1Nc1nc2c(NCc3ccc(OC(F)(F)F)cc3)cccc2o1. The molecule has 0 bridgehead atoms. The van der Waals surface area contributed by atoms with Crippen LogP contribution in [-0.2, 0) is 12.0 Å². The summed E-state index contributed by atoms with van der Waals surface area (Å²) in [6.45, 7) is 6.71. The zero-order valence-corrected chi connectivity index (χ0v) is 22.0. The fourth-order valence-electron chi connectivity index (χ4n) is 4.11. The highest BCUT2D eigenvalue weighted by Crippen LogP contribution is 2.37. The van der Waals surface area contributed by atoms with Crippen molar-refractivity contribution < 1.29 is 27.1 Å². The number of hydrogen-bond donors (Lipinski definition) is 2. The van der Waals surface area contributed by atoms with Crippen molar-refractivity contribution in [2.75, 3.05) is 10.6 Å². The predicted molar refractivity (Wildman–Crippen MR) is 147 cm³/mol. The summed E-state index contributed by atoms with van der Waals surface area (Å²) in [5.74, 6) is 0.808. The molecule has 0 aliphatic rings. The lowest BCUT2D eigenvalue weighted by Crippen LogP contribution is -2.17. The number of pyridine rings is 1. The highest BCUT2D eigenvalue weighted by molar-refractivity contribution is 5.88. The third kappa shape index (κ3) is 6.45. The zero-order valence-electron chi connectivity index (χ0n) is 22.0. The average Bonchev–Trinajstić information content (AvgIpc) is 3.31. The van der Waals surface area contributed by atoms with Crippen LogP contribution in [0.5, 0.6) is 17.4 Å². The molecule has 2 aromatic heterocycles. The van der Waals surface area contributed by atoms with Gasteiger partial charge in [-0.25, -0.2) is 4.98 Å². The topological polar surface area (TPSA) is 81.4 Å². The largest absolute Gasteiger partial charge is 0.573 e. The van der Waals surface area contributed by atoms with Gasteiger partial charge in [-0.3, -0.25) is 0 Å². The predicted octanol–water partition coefficient (Wildman–Crippen LogP) is 8.57. The third-order valence-corrected chi connectivity index (χ3v) is 5.97. The second kappa shape index (κ2) is 10.8. The maximum atomic E-state index is 12.4. The van der Waals surface area contributed by atoms with E-state index in [1.54, 1.807) is 30.5 Å². The molecule has 0 unspecified atom stereocenters. The fourth-order valence-corrected chi connectivity index (χ4v) is 4.11. The number of aromatic nitrogens is 2. The molecule has 5 aromatic rings. The summed E-state index contributed by atoms with van der Waals surface area (Å²) in [4.78, 5) is 9.03. The molecule has 2 N–H and O–H groups in total. The zero-order chi connectivity index (χ0) is 28.3. The van der Waals surface area contributed by atoms with E-state index in [0.29, 0.717) is 40.6 Å². The summed E-state index contributed by atoms with van der Waals surface area (Å²) >= 11 is 0. The van der Waals surface area contributed by atoms with Gasteiger partial charge in [0.05, 0.1) is 5.69 Å². The van der Waals surface area contributed by atoms with Crippen molar-refractivity contribution in [3.8, 4) is 17.4 Å². The normalized spacial score (nSPS) is 11.8. The molecular formula is C30H27F3N4O3. The number of fused-ring (bicyclic) bond motifs is 1. The van der Waals surface area contributed by atoms with Gasteiger partial charge in [0.2, 0.25) is 5.88 Å². The summed E-state index contributed by atoms with van der Waals surface area (Å²) in [5.41, 5.74) is 4.10. The first kappa shape index (κ1) is 26.9. The Labute approximate surface area is 229 Å². The molecule has 0 spiro atoms. The second-order valence-corrected chi connectivity index (χ2v) is 10.0. The van der Waals surface area contributed by atoms with Crippen LogP contribution in [0.2, 0.25) is 0 Å². The van der Waals surface area contributed by atoms with Gasteiger partial charge in [-0.05, 0) is 53.4 Å². The van der Waals surface area contributed by atoms with Gasteiger partial charge in [-0.15, -0.1) is 13.2 Å². The maximum Gasteiger partial charge on any atom is 0.573 e. The molecule has 7 nitrogen and oxygen atoms in total. The number of alkyl halides is 3. The molecule has 0 saturated heterocycles. The Morgan fingerprint density at radius 1 is 0.850 bits per heavy atom. The molecule has 0 fully saturated rings. The third-order valence-electron chi connectivity index (χ3n) is 5.97. The first-order chi connectivity index (χ1) is 19.0. The quantitative estimate of drug-likeness (QED) is 0.201. The number of halogens is 3. The number of nitrogens with zero attached hydrogens (tertiary/aromatic N) is 2. The fraction of sp³-hybridized carbons (Fsp3) is 0.200. The van der Waals surface area contributed by atoms with Crippen LogP contribution in [0.1, 0.15) is 31.9 Å². The molecule has 0 aliphatic heterocycles. The molecule has 0 atom stereocenters. The van der Waals surface area contributed by atoms with E-state index >= 15 is 0 Å². The summed E-state index contributed by atoms with van der Waals surface area (Å²) < 4.78 is 53.3. The van der Waals surface area contributed by atoms with Crippen LogP contribution in [-0.4, -0.2) is 16.3 Å². The minimum absolute atomic E-state index is 0.123. The van der Waals surface area contributed by atoms with E-state index in [4.69, 9.17) is 9.15 Å². The summed E-state index contributed by atoms with van der Waals surface area (Å²) in [5, 5.41) is 6.43. The van der Waals surface area contributed by atoms with E-state index < -0.39 is 6.36 Å². The monoisotopic (exact) mass is 548 g/mol. The molecule has 10 heteroatoms. The highest BCUT2D eigenvalue weighted by Gasteiger charge is 2.31. The van der Waals surface area contributed by atoms with Crippen molar-refractivity contribution in [1.82, 2.24) is 9.97 Å². The number of para-hydroxylation sites is 2. The van der Waals surface area contributed by atoms with Crippen molar-refractivity contribution in [3.63, 3.8) is 0 Å². The van der Waals surface area contributed by atoms with E-state index in [2.05, 4.69) is 46.1 Å². The van der Waals surface area contributed by atoms with Crippen LogP contribution in [0.15, 0.2) is 89.5 Å². The lowest BCUT2D eigenvalue weighted by molar-refractivity contribution is -0.274. The van der Waals surface area contributed by atoms with Gasteiger partial charge >= 0.3 is 6.36 Å². The van der Waals surface area contributed by atoms with Gasteiger partial charge in [-0.1, -0.05) is 57.2 Å². The number of anilines is 3. The number of nitrogens with one attached hydrogen (secondary N) is 2. The van der Waals surface area contributed by atoms with Crippen molar-refractivity contribution in [3.05, 3.63) is 96.2 Å². The van der Waals surface area contributed by atoms with Gasteiger partial charge in [0.25, 0.3) is 6.01 Å². The molecule has 0 amide bonds. The van der Waals surface area contributed by atoms with Crippen LogP contribution < -0.4 is 20.1 Å². The Hall–Kier alpha value is -4.73. The Morgan fingerprint density at radius 2 is 1.60 bits per heavy atom. The van der Waals surface area contributed by atoms with Crippen molar-refractivity contribution in [1.29, 1.82) is 0 Å². The van der Waals surface area contributed by atoms with Gasteiger partial charge in [-0.2, -0.15) is 4.98 Å². The first-order valence-electron chi connectivity index (χ1n) is 12.5. The van der Waals surface area contributed by atoms with Crippen LogP contribution in [0.4, 0.5) is 30.6 Å². The standard InChI is InChI=1S/C30H27F3N4O3/c1-29(2,3)21-8-4-5-11-24(21)38-27-23(10-7-17-34-27)36-28-37-26-22(9-6-12-25(26)39-28)35-18-19-13-15-20(16-14-19)40-30(31,32)33/h4-17,35H,18H2,1-3H3,(H,36,37). The highest BCUT2D eigenvalue weighted by atomic mass is 19.4. The smallest absolute Gasteiger partial charge is 0.437 e. The average molecular weight is 549 g/mol. The van der Waals surface area contributed by atoms with Gasteiger partial charge < -0.3 is 24.5 Å². The lowest BCUT2D eigenvalue weighted by atomic mass is 9.86. The van der Waals surface area contributed by atoms with E-state index in [9.17, 15) is 13.2 Å². The molecule has 3 aromatic carbocycles. The van der Waals surface area contributed by atoms with Crippen LogP contribution in [0.25, 0.3) is 11.1 Å². The molecule has 206 valence electrons. The van der Waals surface area contributed by atoms with Gasteiger partial charge in [0.1, 0.15) is 22.7 Å². The van der Waals surface area contributed by atoms with E-state index in [-0.39, 0.29) is 17.2 Å². The van der Waals surface area contributed by atoms with Crippen LogP contribution in [0, 0.1) is 0 Å². The molecule has 2 heterocycles. The molecule has 40 heavy (non-hydrogen) atoms. The summed E-state index contributed by atoms with van der Waals surface area (Å²) in [7, 11) is 0. The van der Waals surface area contributed by atoms with Gasteiger partial charge in [0.15, 0.2) is 5.58 Å². The lowest BCUT2D eigenvalue weighted by Gasteiger charge is -2.22. The van der Waals surface area contributed by atoms with Crippen molar-refractivity contribution >= 4 is 28.5 Å². The minimum atomic E-state index is -4.73. The second-order valence-electron chi connectivity index (χ2n) is 10.0. The summed E-state index contributed by atoms with van der Waals surface area (Å²) in [6.07, 6.45) is -3.08. The number of hydrogen-bond acceptors (Lipinski definition) is 7. The van der Waals surface area contributed by atoms with Crippen LogP contribution in [0.3, 0.4) is 0 Å². The molecular weight excluding hydrogens is 521 g/mol. The summed E-state index contributed by atoms with van der Waals surface area (Å²) in [6, 6.07) is 22.8. The van der Waals surface area contributed by atoms with E-state index in [1.165, 1.54) is 12.1 Å². The van der Waals surface area contributed by atoms with Gasteiger partial charge in [0, 0.05) is 18.3 Å². The van der Waals surface area contributed by atoms with Crippen molar-refractivity contribution in [2.45, 2.75) is 39.1 Å². The molecule has 0 aliphatic carbocycles. The number of oxazole rings is 1. The molecule has 0 saturated carbocycles. The molecule has 0 radical (unpaired) electrons. The molecule has 5 rings (SSSR count). The minimum Gasteiger partial charge on any atom is -0.437 e. The number of ether oxygens (including phenoxy) is 2. The van der Waals surface area contributed by atoms with E-state index in [1.807, 2.05) is 42.5 Å². The first-order valence-corrected chi connectivity index (χ1v) is 12.5. The Kier molecular flexibility index (Phi) is 7.25. The Bertz CT molecular complexity index is 1610. The van der Waals surface area contributed by atoms with E-state index in [0.717, 1.165) is 11.1 Å². The van der Waals surface area contributed by atoms with Crippen molar-refractivity contribution in [2.24, 2.45) is 0 Å².